The molecule has 0 aliphatic rings. The van der Waals surface area contributed by atoms with Crippen LogP contribution < -0.4 is 5.32 Å². The van der Waals surface area contributed by atoms with Crippen molar-refractivity contribution in [3.05, 3.63) is 59.1 Å². The molecule has 1 amide bonds. The average molecular weight is 307 g/mol. The number of benzene rings is 2. The summed E-state index contributed by atoms with van der Waals surface area (Å²) in [6.07, 6.45) is 0. The third kappa shape index (κ3) is 3.79. The van der Waals surface area contributed by atoms with Crippen molar-refractivity contribution in [2.75, 3.05) is 5.32 Å². The maximum absolute atomic E-state index is 13.4. The van der Waals surface area contributed by atoms with Crippen molar-refractivity contribution in [2.45, 2.75) is 11.8 Å². The molecule has 0 aromatic heterocycles. The molecule has 7 heteroatoms. The summed E-state index contributed by atoms with van der Waals surface area (Å²) in [4.78, 5) is 10.8. The van der Waals surface area contributed by atoms with Crippen LogP contribution in [-0.4, -0.2) is 14.3 Å². The fraction of sp³-hybridized carbons (Fsp3) is 0.0714. The predicted octanol–water partition coefficient (Wildman–Crippen LogP) is 3.18. The van der Waals surface area contributed by atoms with Gasteiger partial charge in [-0.3, -0.25) is 4.79 Å². The molecule has 0 spiro atoms. The first-order valence-corrected chi connectivity index (χ1v) is 7.43. The van der Waals surface area contributed by atoms with Crippen LogP contribution in [0.5, 0.6) is 0 Å². The Balaban J connectivity index is 2.24. The maximum atomic E-state index is 13.4. The topological polar surface area (TPSA) is 77.3 Å². The molecule has 0 heterocycles. The Morgan fingerprint density at radius 2 is 1.71 bits per heavy atom. The number of hydrogen-bond acceptors (Lipinski definition) is 3. The van der Waals surface area contributed by atoms with Crippen molar-refractivity contribution in [2.24, 2.45) is 0 Å². The van der Waals surface area contributed by atoms with Crippen LogP contribution in [0.4, 0.5) is 15.8 Å². The summed E-state index contributed by atoms with van der Waals surface area (Å²) in [5.74, 6) is -0.974. The van der Waals surface area contributed by atoms with E-state index in [0.29, 0.717) is 5.69 Å². The monoisotopic (exact) mass is 307 g/mol. The van der Waals surface area contributed by atoms with E-state index in [9.17, 15) is 17.6 Å². The molecule has 0 fully saturated rings. The number of rotatable bonds is 4. The minimum Gasteiger partial charge on any atom is -0.570 e. The smallest absolute Gasteiger partial charge is 0.221 e. The highest BCUT2D eigenvalue weighted by molar-refractivity contribution is 7.94. The van der Waals surface area contributed by atoms with Crippen LogP contribution >= 0.6 is 0 Å². The fourth-order valence-electron chi connectivity index (χ4n) is 1.62. The zero-order valence-corrected chi connectivity index (χ0v) is 11.9. The fourth-order valence-corrected chi connectivity index (χ4v) is 2.61. The molecule has 0 saturated carbocycles. The molecule has 21 heavy (non-hydrogen) atoms. The molecular formula is C14H12FN2O3S-. The molecule has 0 saturated heterocycles. The van der Waals surface area contributed by atoms with E-state index in [1.807, 2.05) is 0 Å². The van der Waals surface area contributed by atoms with Gasteiger partial charge < -0.3 is 10.0 Å². The van der Waals surface area contributed by atoms with E-state index in [1.54, 1.807) is 0 Å². The van der Waals surface area contributed by atoms with Gasteiger partial charge in [0.1, 0.15) is 15.8 Å². The standard InChI is InChI=1S/C14H12FN2O3S/c1-10(18)16-11-6-8-12(9-7-11)21(19,20)17-14-5-3-2-4-13(14)15/h2-9H,1H3,(H,16,18)/q-1. The van der Waals surface area contributed by atoms with Gasteiger partial charge in [0.15, 0.2) is 0 Å². The van der Waals surface area contributed by atoms with Gasteiger partial charge in [0.2, 0.25) is 5.91 Å². The van der Waals surface area contributed by atoms with E-state index in [0.717, 1.165) is 6.07 Å². The highest BCUT2D eigenvalue weighted by atomic mass is 32.2. The van der Waals surface area contributed by atoms with Gasteiger partial charge in [-0.25, -0.2) is 12.8 Å². The first-order chi connectivity index (χ1) is 9.88. The number of carbonyl (C=O) groups excluding carboxylic acids is 1. The summed E-state index contributed by atoms with van der Waals surface area (Å²) in [7, 11) is -4.01. The number of amides is 1. The first-order valence-electron chi connectivity index (χ1n) is 5.99. The summed E-state index contributed by atoms with van der Waals surface area (Å²) in [6, 6.07) is 10.8. The lowest BCUT2D eigenvalue weighted by Crippen LogP contribution is -2.06. The van der Waals surface area contributed by atoms with Crippen LogP contribution in [0.15, 0.2) is 53.4 Å². The van der Waals surface area contributed by atoms with Gasteiger partial charge in [-0.05, 0) is 30.3 Å². The van der Waals surface area contributed by atoms with Crippen molar-refractivity contribution >= 4 is 27.3 Å². The van der Waals surface area contributed by atoms with Crippen LogP contribution in [0.1, 0.15) is 6.92 Å². The van der Waals surface area contributed by atoms with Crippen LogP contribution in [0.2, 0.25) is 0 Å². The summed E-state index contributed by atoms with van der Waals surface area (Å²) in [6.45, 7) is 1.35. The molecule has 1 N–H and O–H groups in total. The number of carbonyl (C=O) groups is 1. The minimum absolute atomic E-state index is 0.0835. The van der Waals surface area contributed by atoms with Gasteiger partial charge in [-0.1, -0.05) is 23.9 Å². The highest BCUT2D eigenvalue weighted by Crippen LogP contribution is 2.30. The second kappa shape index (κ2) is 5.92. The van der Waals surface area contributed by atoms with Crippen LogP contribution in [0.25, 0.3) is 4.72 Å². The molecule has 110 valence electrons. The van der Waals surface area contributed by atoms with Gasteiger partial charge in [0.25, 0.3) is 0 Å². The van der Waals surface area contributed by atoms with Crippen LogP contribution in [-0.2, 0) is 14.8 Å². The lowest BCUT2D eigenvalue weighted by atomic mass is 10.3. The Labute approximate surface area is 121 Å². The number of sulfonamides is 1. The summed E-state index contributed by atoms with van der Waals surface area (Å²) in [5, 5.41) is 2.52. The second-order valence-electron chi connectivity index (χ2n) is 4.22. The number of anilines is 1. The normalized spacial score (nSPS) is 11.0. The molecule has 2 aromatic carbocycles. The van der Waals surface area contributed by atoms with E-state index in [-0.39, 0.29) is 16.5 Å². The summed E-state index contributed by atoms with van der Waals surface area (Å²) >= 11 is 0. The van der Waals surface area contributed by atoms with Crippen molar-refractivity contribution < 1.29 is 17.6 Å². The highest BCUT2D eigenvalue weighted by Gasteiger charge is 2.06. The third-order valence-corrected chi connectivity index (χ3v) is 3.85. The van der Waals surface area contributed by atoms with Gasteiger partial charge in [0, 0.05) is 12.6 Å². The van der Waals surface area contributed by atoms with Crippen molar-refractivity contribution in [1.29, 1.82) is 0 Å². The van der Waals surface area contributed by atoms with E-state index < -0.39 is 15.8 Å². The quantitative estimate of drug-likeness (QED) is 0.942. The number of hydrogen-bond donors (Lipinski definition) is 1. The largest absolute Gasteiger partial charge is 0.570 e. The first kappa shape index (κ1) is 15.0. The molecular weight excluding hydrogens is 295 g/mol. The Morgan fingerprint density at radius 3 is 2.29 bits per heavy atom. The summed E-state index contributed by atoms with van der Waals surface area (Å²) in [5.41, 5.74) is 0.218. The van der Waals surface area contributed by atoms with Crippen molar-refractivity contribution in [3.8, 4) is 0 Å². The lowest BCUT2D eigenvalue weighted by molar-refractivity contribution is -0.114. The van der Waals surface area contributed by atoms with Gasteiger partial charge >= 0.3 is 0 Å². The Bertz CT molecular complexity index is 758. The minimum atomic E-state index is -4.01. The predicted molar refractivity (Wildman–Crippen MR) is 77.4 cm³/mol. The number of nitrogens with zero attached hydrogens (tertiary/aromatic N) is 1. The van der Waals surface area contributed by atoms with Crippen LogP contribution in [0.3, 0.4) is 0 Å². The zero-order chi connectivity index (χ0) is 15.5. The van der Waals surface area contributed by atoms with Crippen LogP contribution in [0, 0.1) is 5.82 Å². The Kier molecular flexibility index (Phi) is 4.23. The lowest BCUT2D eigenvalue weighted by Gasteiger charge is -2.22. The number of nitrogens with one attached hydrogen (secondary N) is 1. The van der Waals surface area contributed by atoms with Crippen molar-refractivity contribution in [3.63, 3.8) is 0 Å². The summed E-state index contributed by atoms with van der Waals surface area (Å²) < 4.78 is 41.0. The molecule has 2 rings (SSSR count). The zero-order valence-electron chi connectivity index (χ0n) is 11.1. The molecule has 0 aliphatic heterocycles. The SMILES string of the molecule is CC(=O)Nc1ccc(S(=O)(=O)[N-]c2ccccc2F)cc1. The molecule has 0 radical (unpaired) electrons. The van der Waals surface area contributed by atoms with E-state index in [1.165, 1.54) is 49.4 Å². The number of halogens is 1. The molecule has 0 unspecified atom stereocenters. The Morgan fingerprint density at radius 1 is 1.10 bits per heavy atom. The van der Waals surface area contributed by atoms with E-state index >= 15 is 0 Å². The van der Waals surface area contributed by atoms with Gasteiger partial charge in [-0.2, -0.15) is 0 Å². The van der Waals surface area contributed by atoms with Gasteiger partial charge in [-0.15, -0.1) is 0 Å². The Hall–Kier alpha value is -2.41. The van der Waals surface area contributed by atoms with Gasteiger partial charge in [0.05, 0.1) is 4.90 Å². The maximum Gasteiger partial charge on any atom is 0.221 e. The van der Waals surface area contributed by atoms with Crippen molar-refractivity contribution in [1.82, 2.24) is 0 Å². The second-order valence-corrected chi connectivity index (χ2v) is 5.83. The molecule has 5 nitrogen and oxygen atoms in total. The third-order valence-electron chi connectivity index (χ3n) is 2.54. The molecule has 2 aromatic rings. The molecule has 0 atom stereocenters. The molecule has 0 aliphatic carbocycles. The van der Waals surface area contributed by atoms with E-state index in [2.05, 4.69) is 10.0 Å². The molecule has 0 bridgehead atoms. The van der Waals surface area contributed by atoms with E-state index in [4.69, 9.17) is 0 Å². The average Bonchev–Trinajstić information content (AvgIpc) is 2.41.